The van der Waals surface area contributed by atoms with Crippen molar-refractivity contribution in [1.29, 1.82) is 5.26 Å². The van der Waals surface area contributed by atoms with E-state index in [1.54, 1.807) is 24.3 Å². The van der Waals surface area contributed by atoms with Crippen LogP contribution in [0.25, 0.3) is 0 Å². The molecule has 140 valence electrons. The molecular formula is C20H13F3N4O. The van der Waals surface area contributed by atoms with Crippen LogP contribution in [0.1, 0.15) is 21.6 Å². The number of carbonyl (C=O) groups is 1. The van der Waals surface area contributed by atoms with Gasteiger partial charge < -0.3 is 10.6 Å². The Morgan fingerprint density at radius 2 is 1.79 bits per heavy atom. The molecule has 0 fully saturated rings. The number of pyridine rings is 1. The molecular weight excluding hydrogens is 369 g/mol. The Bertz CT molecular complexity index is 1040. The number of nitrogens with zero attached hydrogens (tertiary/aromatic N) is 2. The molecule has 1 aromatic heterocycles. The largest absolute Gasteiger partial charge is 0.416 e. The van der Waals surface area contributed by atoms with Crippen molar-refractivity contribution in [3.63, 3.8) is 0 Å². The summed E-state index contributed by atoms with van der Waals surface area (Å²) in [6.45, 7) is 0. The number of carbonyl (C=O) groups excluding carboxylic acids is 1. The van der Waals surface area contributed by atoms with Gasteiger partial charge in [-0.05, 0) is 42.5 Å². The Labute approximate surface area is 158 Å². The van der Waals surface area contributed by atoms with Gasteiger partial charge >= 0.3 is 6.18 Å². The van der Waals surface area contributed by atoms with Crippen molar-refractivity contribution in [2.45, 2.75) is 6.18 Å². The minimum Gasteiger partial charge on any atom is -0.354 e. The van der Waals surface area contributed by atoms with E-state index in [2.05, 4.69) is 15.6 Å². The average molecular weight is 382 g/mol. The summed E-state index contributed by atoms with van der Waals surface area (Å²) < 4.78 is 38.3. The van der Waals surface area contributed by atoms with Crippen molar-refractivity contribution < 1.29 is 18.0 Å². The van der Waals surface area contributed by atoms with E-state index >= 15 is 0 Å². The van der Waals surface area contributed by atoms with E-state index in [-0.39, 0.29) is 11.4 Å². The van der Waals surface area contributed by atoms with E-state index in [0.717, 1.165) is 12.1 Å². The smallest absolute Gasteiger partial charge is 0.354 e. The van der Waals surface area contributed by atoms with Crippen molar-refractivity contribution in [1.82, 2.24) is 4.98 Å². The minimum atomic E-state index is -4.43. The molecule has 3 rings (SSSR count). The Kier molecular flexibility index (Phi) is 5.27. The molecule has 5 nitrogen and oxygen atoms in total. The zero-order valence-corrected chi connectivity index (χ0v) is 14.3. The molecule has 0 bridgehead atoms. The van der Waals surface area contributed by atoms with Gasteiger partial charge in [-0.2, -0.15) is 18.4 Å². The molecule has 0 atom stereocenters. The number of anilines is 3. The Morgan fingerprint density at radius 3 is 2.46 bits per heavy atom. The van der Waals surface area contributed by atoms with Crippen LogP contribution in [0.15, 0.2) is 66.9 Å². The van der Waals surface area contributed by atoms with Gasteiger partial charge in [0.05, 0.1) is 28.7 Å². The first kappa shape index (κ1) is 18.9. The van der Waals surface area contributed by atoms with Gasteiger partial charge in [0.25, 0.3) is 5.91 Å². The van der Waals surface area contributed by atoms with E-state index in [9.17, 15) is 18.0 Å². The van der Waals surface area contributed by atoms with Gasteiger partial charge in [-0.15, -0.1) is 0 Å². The van der Waals surface area contributed by atoms with E-state index in [1.165, 1.54) is 30.5 Å². The number of halogens is 3. The standard InChI is InChI=1S/C20H13F3N4O/c21-20(22,23)14-5-3-6-15(10-14)26-16-8-9-18(25-12-16)19(28)27-17-7-2-1-4-13(17)11-24/h1-10,12,26H,(H,27,28). The zero-order valence-electron chi connectivity index (χ0n) is 14.3. The van der Waals surface area contributed by atoms with Gasteiger partial charge in [0.15, 0.2) is 0 Å². The van der Waals surface area contributed by atoms with E-state index < -0.39 is 17.6 Å². The number of hydrogen-bond acceptors (Lipinski definition) is 4. The summed E-state index contributed by atoms with van der Waals surface area (Å²) in [6.07, 6.45) is -3.09. The van der Waals surface area contributed by atoms with Gasteiger partial charge in [-0.3, -0.25) is 4.79 Å². The highest BCUT2D eigenvalue weighted by Gasteiger charge is 2.30. The molecule has 0 spiro atoms. The van der Waals surface area contributed by atoms with Gasteiger partial charge in [0.1, 0.15) is 11.8 Å². The topological polar surface area (TPSA) is 77.8 Å². The molecule has 0 saturated carbocycles. The maximum Gasteiger partial charge on any atom is 0.416 e. The van der Waals surface area contributed by atoms with Gasteiger partial charge in [0.2, 0.25) is 0 Å². The molecule has 1 heterocycles. The van der Waals surface area contributed by atoms with Gasteiger partial charge in [-0.25, -0.2) is 4.98 Å². The lowest BCUT2D eigenvalue weighted by Gasteiger charge is -2.11. The first-order valence-corrected chi connectivity index (χ1v) is 8.07. The van der Waals surface area contributed by atoms with E-state index in [4.69, 9.17) is 5.26 Å². The third-order valence-corrected chi connectivity index (χ3v) is 3.77. The van der Waals surface area contributed by atoms with E-state index in [1.807, 2.05) is 6.07 Å². The quantitative estimate of drug-likeness (QED) is 0.668. The van der Waals surface area contributed by atoms with Crippen molar-refractivity contribution in [2.24, 2.45) is 0 Å². The summed E-state index contributed by atoms with van der Waals surface area (Å²) in [7, 11) is 0. The number of hydrogen-bond donors (Lipinski definition) is 2. The van der Waals surface area contributed by atoms with Crippen LogP contribution in [0.4, 0.5) is 30.2 Å². The maximum absolute atomic E-state index is 12.8. The molecule has 2 N–H and O–H groups in total. The monoisotopic (exact) mass is 382 g/mol. The third kappa shape index (κ3) is 4.45. The summed E-state index contributed by atoms with van der Waals surface area (Å²) in [5, 5.41) is 14.5. The van der Waals surface area contributed by atoms with Crippen molar-refractivity contribution in [2.75, 3.05) is 10.6 Å². The lowest BCUT2D eigenvalue weighted by molar-refractivity contribution is -0.137. The van der Waals surface area contributed by atoms with Crippen LogP contribution in [0.5, 0.6) is 0 Å². The zero-order chi connectivity index (χ0) is 20.1. The van der Waals surface area contributed by atoms with Gasteiger partial charge in [0, 0.05) is 5.69 Å². The van der Waals surface area contributed by atoms with Crippen LogP contribution in [-0.2, 0) is 6.18 Å². The summed E-state index contributed by atoms with van der Waals surface area (Å²) in [5.41, 5.74) is 0.687. The molecule has 0 unspecified atom stereocenters. The average Bonchev–Trinajstić information content (AvgIpc) is 2.68. The molecule has 28 heavy (non-hydrogen) atoms. The number of para-hydroxylation sites is 1. The van der Waals surface area contributed by atoms with Crippen molar-refractivity contribution in [3.8, 4) is 6.07 Å². The number of amides is 1. The Balaban J connectivity index is 1.72. The lowest BCUT2D eigenvalue weighted by Crippen LogP contribution is -2.14. The molecule has 0 radical (unpaired) electrons. The first-order valence-electron chi connectivity index (χ1n) is 8.07. The van der Waals surface area contributed by atoms with Crippen LogP contribution in [0.3, 0.4) is 0 Å². The fourth-order valence-electron chi connectivity index (χ4n) is 2.42. The second-order valence-electron chi connectivity index (χ2n) is 5.75. The van der Waals surface area contributed by atoms with Crippen LogP contribution in [-0.4, -0.2) is 10.9 Å². The first-order chi connectivity index (χ1) is 13.4. The number of rotatable bonds is 4. The summed E-state index contributed by atoms with van der Waals surface area (Å²) >= 11 is 0. The Morgan fingerprint density at radius 1 is 1.00 bits per heavy atom. The number of benzene rings is 2. The number of aromatic nitrogens is 1. The molecule has 0 saturated heterocycles. The molecule has 0 aliphatic heterocycles. The summed E-state index contributed by atoms with van der Waals surface area (Å²) in [6, 6.07) is 16.2. The molecule has 8 heteroatoms. The highest BCUT2D eigenvalue weighted by Crippen LogP contribution is 2.31. The highest BCUT2D eigenvalue weighted by molar-refractivity contribution is 6.03. The molecule has 0 aliphatic rings. The number of alkyl halides is 3. The fraction of sp³-hybridized carbons (Fsp3) is 0.0500. The van der Waals surface area contributed by atoms with Crippen LogP contribution < -0.4 is 10.6 Å². The van der Waals surface area contributed by atoms with Crippen LogP contribution in [0, 0.1) is 11.3 Å². The highest BCUT2D eigenvalue weighted by atomic mass is 19.4. The SMILES string of the molecule is N#Cc1ccccc1NC(=O)c1ccc(Nc2cccc(C(F)(F)F)c2)cn1. The minimum absolute atomic E-state index is 0.0994. The molecule has 2 aromatic carbocycles. The lowest BCUT2D eigenvalue weighted by atomic mass is 10.2. The number of nitriles is 1. The van der Waals surface area contributed by atoms with Crippen LogP contribution in [0.2, 0.25) is 0 Å². The predicted octanol–water partition coefficient (Wildman–Crippen LogP) is 4.97. The fourth-order valence-corrected chi connectivity index (χ4v) is 2.42. The second kappa shape index (κ2) is 7.80. The van der Waals surface area contributed by atoms with Crippen LogP contribution >= 0.6 is 0 Å². The van der Waals surface area contributed by atoms with E-state index in [0.29, 0.717) is 16.9 Å². The molecule has 0 aliphatic carbocycles. The molecule has 3 aromatic rings. The van der Waals surface area contributed by atoms with Gasteiger partial charge in [-0.1, -0.05) is 18.2 Å². The maximum atomic E-state index is 12.8. The summed E-state index contributed by atoms with van der Waals surface area (Å²) in [5.74, 6) is -0.506. The third-order valence-electron chi connectivity index (χ3n) is 3.77. The molecule has 1 amide bonds. The Hall–Kier alpha value is -3.86. The second-order valence-corrected chi connectivity index (χ2v) is 5.75. The number of nitrogens with one attached hydrogen (secondary N) is 2. The van der Waals surface area contributed by atoms with Crippen molar-refractivity contribution >= 4 is 23.0 Å². The normalized spacial score (nSPS) is 10.8. The summed E-state index contributed by atoms with van der Waals surface area (Å²) in [4.78, 5) is 16.3. The predicted molar refractivity (Wildman–Crippen MR) is 98.1 cm³/mol. The van der Waals surface area contributed by atoms with Crippen molar-refractivity contribution in [3.05, 3.63) is 83.7 Å².